The molecule has 0 aliphatic rings. The summed E-state index contributed by atoms with van der Waals surface area (Å²) in [7, 11) is 1.68. The van der Waals surface area contributed by atoms with Gasteiger partial charge in [-0.3, -0.25) is 0 Å². The fourth-order valence-corrected chi connectivity index (χ4v) is 3.56. The number of aromatic nitrogens is 1. The third-order valence-corrected chi connectivity index (χ3v) is 4.81. The number of hydrogen-bond donors (Lipinski definition) is 1. The van der Waals surface area contributed by atoms with Crippen molar-refractivity contribution < 1.29 is 4.74 Å². The molecule has 0 aliphatic heterocycles. The van der Waals surface area contributed by atoms with Crippen molar-refractivity contribution in [2.24, 2.45) is 0 Å². The molecule has 23 heavy (non-hydrogen) atoms. The molecule has 4 rings (SSSR count). The zero-order valence-electron chi connectivity index (χ0n) is 12.5. The van der Waals surface area contributed by atoms with E-state index >= 15 is 0 Å². The van der Waals surface area contributed by atoms with Crippen molar-refractivity contribution in [3.05, 3.63) is 65.1 Å². The number of hydrogen-bond acceptors (Lipinski definition) is 2. The summed E-state index contributed by atoms with van der Waals surface area (Å²) in [6, 6.07) is 20.8. The SMILES string of the molecule is COc1ccc(-n2c3ccc(S)cc3c3cc(Br)ccc32)cc1. The Kier molecular flexibility index (Phi) is 3.58. The highest BCUT2D eigenvalue weighted by Gasteiger charge is 2.12. The number of nitrogens with zero attached hydrogens (tertiary/aromatic N) is 1. The van der Waals surface area contributed by atoms with Crippen molar-refractivity contribution in [2.45, 2.75) is 4.90 Å². The van der Waals surface area contributed by atoms with Crippen molar-refractivity contribution in [2.75, 3.05) is 7.11 Å². The first-order chi connectivity index (χ1) is 11.2. The van der Waals surface area contributed by atoms with Crippen LogP contribution in [0.4, 0.5) is 0 Å². The van der Waals surface area contributed by atoms with E-state index in [1.165, 1.54) is 21.8 Å². The van der Waals surface area contributed by atoms with Gasteiger partial charge in [0.05, 0.1) is 18.1 Å². The number of methoxy groups -OCH3 is 1. The smallest absolute Gasteiger partial charge is 0.119 e. The highest BCUT2D eigenvalue weighted by molar-refractivity contribution is 9.10. The summed E-state index contributed by atoms with van der Waals surface area (Å²) in [5.41, 5.74) is 3.45. The topological polar surface area (TPSA) is 14.2 Å². The van der Waals surface area contributed by atoms with Crippen LogP contribution in [-0.4, -0.2) is 11.7 Å². The van der Waals surface area contributed by atoms with E-state index in [2.05, 4.69) is 75.6 Å². The maximum absolute atomic E-state index is 5.27. The van der Waals surface area contributed by atoms with Gasteiger partial charge in [-0.15, -0.1) is 12.6 Å². The summed E-state index contributed by atoms with van der Waals surface area (Å²) in [6.45, 7) is 0. The molecule has 4 aromatic rings. The van der Waals surface area contributed by atoms with Gasteiger partial charge in [-0.2, -0.15) is 0 Å². The summed E-state index contributed by atoms with van der Waals surface area (Å²) in [6.07, 6.45) is 0. The molecular weight excluding hydrogens is 370 g/mol. The van der Waals surface area contributed by atoms with Crippen LogP contribution in [0.2, 0.25) is 0 Å². The molecule has 4 heteroatoms. The average Bonchev–Trinajstić information content (AvgIpc) is 2.88. The van der Waals surface area contributed by atoms with E-state index in [-0.39, 0.29) is 0 Å². The molecular formula is C19H14BrNOS. The maximum atomic E-state index is 5.27. The van der Waals surface area contributed by atoms with Gasteiger partial charge < -0.3 is 9.30 Å². The molecule has 114 valence electrons. The minimum atomic E-state index is 0.856. The van der Waals surface area contributed by atoms with Crippen molar-refractivity contribution in [1.82, 2.24) is 4.57 Å². The number of thiol groups is 1. The lowest BCUT2D eigenvalue weighted by Gasteiger charge is -2.09. The quantitative estimate of drug-likeness (QED) is 0.429. The van der Waals surface area contributed by atoms with E-state index < -0.39 is 0 Å². The molecule has 0 amide bonds. The second-order valence-corrected chi connectivity index (χ2v) is 6.83. The van der Waals surface area contributed by atoms with Gasteiger partial charge in [0.25, 0.3) is 0 Å². The lowest BCUT2D eigenvalue weighted by molar-refractivity contribution is 0.415. The largest absolute Gasteiger partial charge is 0.497 e. The fourth-order valence-electron chi connectivity index (χ4n) is 2.99. The molecule has 0 bridgehead atoms. The number of rotatable bonds is 2. The van der Waals surface area contributed by atoms with Crippen molar-refractivity contribution in [3.8, 4) is 11.4 Å². The molecule has 2 nitrogen and oxygen atoms in total. The molecule has 3 aromatic carbocycles. The number of halogens is 1. The Morgan fingerprint density at radius 3 is 2.22 bits per heavy atom. The molecule has 0 atom stereocenters. The lowest BCUT2D eigenvalue weighted by atomic mass is 10.1. The second-order valence-electron chi connectivity index (χ2n) is 5.40. The van der Waals surface area contributed by atoms with Crippen LogP contribution in [0.15, 0.2) is 70.0 Å². The lowest BCUT2D eigenvalue weighted by Crippen LogP contribution is -1.93. The van der Waals surface area contributed by atoms with Crippen LogP contribution in [0.5, 0.6) is 5.75 Å². The highest BCUT2D eigenvalue weighted by Crippen LogP contribution is 2.35. The molecule has 0 saturated carbocycles. The van der Waals surface area contributed by atoms with Crippen molar-refractivity contribution in [1.29, 1.82) is 0 Å². The zero-order chi connectivity index (χ0) is 16.0. The average molecular weight is 384 g/mol. The van der Waals surface area contributed by atoms with Gasteiger partial charge in [-0.05, 0) is 60.7 Å². The van der Waals surface area contributed by atoms with Gasteiger partial charge in [0.2, 0.25) is 0 Å². The summed E-state index contributed by atoms with van der Waals surface area (Å²) < 4.78 is 8.61. The molecule has 0 spiro atoms. The van der Waals surface area contributed by atoms with Crippen LogP contribution in [-0.2, 0) is 0 Å². The van der Waals surface area contributed by atoms with Crippen LogP contribution in [0.1, 0.15) is 0 Å². The fraction of sp³-hybridized carbons (Fsp3) is 0.0526. The predicted octanol–water partition coefficient (Wildman–Crippen LogP) is 5.84. The van der Waals surface area contributed by atoms with E-state index in [0.717, 1.165) is 20.8 Å². The van der Waals surface area contributed by atoms with E-state index in [4.69, 9.17) is 4.74 Å². The highest BCUT2D eigenvalue weighted by atomic mass is 79.9. The van der Waals surface area contributed by atoms with E-state index in [9.17, 15) is 0 Å². The first kappa shape index (κ1) is 14.7. The van der Waals surface area contributed by atoms with E-state index in [0.29, 0.717) is 0 Å². The van der Waals surface area contributed by atoms with Gasteiger partial charge in [-0.1, -0.05) is 15.9 Å². The van der Waals surface area contributed by atoms with Crippen molar-refractivity contribution >= 4 is 50.4 Å². The number of ether oxygens (including phenoxy) is 1. The Hall–Kier alpha value is -1.91. The monoisotopic (exact) mass is 383 g/mol. The summed E-state index contributed by atoms with van der Waals surface area (Å²) >= 11 is 8.07. The minimum absolute atomic E-state index is 0.856. The van der Waals surface area contributed by atoms with Gasteiger partial charge in [0.15, 0.2) is 0 Å². The van der Waals surface area contributed by atoms with Crippen LogP contribution in [0.3, 0.4) is 0 Å². The first-order valence-electron chi connectivity index (χ1n) is 7.24. The van der Waals surface area contributed by atoms with Crippen LogP contribution >= 0.6 is 28.6 Å². The Balaban J connectivity index is 2.10. The molecule has 0 radical (unpaired) electrons. The Bertz CT molecular complexity index is 962. The normalized spacial score (nSPS) is 11.3. The van der Waals surface area contributed by atoms with Crippen LogP contribution in [0, 0.1) is 0 Å². The Morgan fingerprint density at radius 2 is 1.52 bits per heavy atom. The molecule has 0 aliphatic carbocycles. The van der Waals surface area contributed by atoms with Crippen LogP contribution < -0.4 is 4.74 Å². The predicted molar refractivity (Wildman–Crippen MR) is 102 cm³/mol. The molecule has 0 N–H and O–H groups in total. The molecule has 0 unspecified atom stereocenters. The Labute approximate surface area is 148 Å². The Morgan fingerprint density at radius 1 is 0.870 bits per heavy atom. The summed E-state index contributed by atoms with van der Waals surface area (Å²) in [4.78, 5) is 0.964. The van der Waals surface area contributed by atoms with E-state index in [1.54, 1.807) is 7.11 Å². The molecule has 1 aromatic heterocycles. The first-order valence-corrected chi connectivity index (χ1v) is 8.48. The van der Waals surface area contributed by atoms with Gasteiger partial charge in [-0.25, -0.2) is 0 Å². The van der Waals surface area contributed by atoms with Gasteiger partial charge in [0, 0.05) is 25.8 Å². The standard InChI is InChI=1S/C19H14BrNOS/c1-22-14-5-3-13(4-6-14)21-18-8-2-12(20)10-16(18)17-11-15(23)7-9-19(17)21/h2-11,23H,1H3. The van der Waals surface area contributed by atoms with Crippen LogP contribution in [0.25, 0.3) is 27.5 Å². The molecule has 0 saturated heterocycles. The molecule has 0 fully saturated rings. The number of benzene rings is 3. The minimum Gasteiger partial charge on any atom is -0.497 e. The number of fused-ring (bicyclic) bond motifs is 3. The third kappa shape index (κ3) is 2.42. The summed E-state index contributed by atoms with van der Waals surface area (Å²) in [5.74, 6) is 0.856. The van der Waals surface area contributed by atoms with Gasteiger partial charge in [0.1, 0.15) is 5.75 Å². The maximum Gasteiger partial charge on any atom is 0.119 e. The second kappa shape index (κ2) is 5.62. The summed E-state index contributed by atoms with van der Waals surface area (Å²) in [5, 5.41) is 2.41. The van der Waals surface area contributed by atoms with E-state index in [1.807, 2.05) is 18.2 Å². The third-order valence-electron chi connectivity index (χ3n) is 4.04. The zero-order valence-corrected chi connectivity index (χ0v) is 14.9. The molecule has 1 heterocycles. The van der Waals surface area contributed by atoms with Gasteiger partial charge >= 0.3 is 0 Å². The van der Waals surface area contributed by atoms with Crippen molar-refractivity contribution in [3.63, 3.8) is 0 Å².